The third-order valence-corrected chi connectivity index (χ3v) is 10.2. The summed E-state index contributed by atoms with van der Waals surface area (Å²) in [5, 5.41) is 29.6. The zero-order valence-corrected chi connectivity index (χ0v) is 36.5. The molecule has 0 bridgehead atoms. The van der Waals surface area contributed by atoms with Crippen LogP contribution in [-0.4, -0.2) is 82.3 Å². The lowest BCUT2D eigenvalue weighted by molar-refractivity contribution is -0.161. The third kappa shape index (κ3) is 36.4. The Bertz CT molecular complexity index is 1210. The van der Waals surface area contributed by atoms with Crippen molar-refractivity contribution in [1.29, 1.82) is 0 Å². The number of aliphatic carboxylic acids is 1. The Morgan fingerprint density at radius 3 is 1.59 bits per heavy atom. The number of phosphoric acid groups is 1. The van der Waals surface area contributed by atoms with Crippen LogP contribution in [0, 0.1) is 0 Å². The minimum atomic E-state index is -4.80. The molecule has 0 amide bonds. The van der Waals surface area contributed by atoms with E-state index in [2.05, 4.69) is 48.8 Å². The van der Waals surface area contributed by atoms with Gasteiger partial charge in [0.25, 0.3) is 0 Å². The first-order valence-corrected chi connectivity index (χ1v) is 23.3. The van der Waals surface area contributed by atoms with Crippen molar-refractivity contribution in [1.82, 2.24) is 0 Å². The number of ether oxygens (including phenoxy) is 2. The molecule has 58 heavy (non-hydrogen) atoms. The maximum atomic E-state index is 12.7. The highest BCUT2D eigenvalue weighted by molar-refractivity contribution is 7.47. The monoisotopic (exact) mass is 844 g/mol. The van der Waals surface area contributed by atoms with Crippen molar-refractivity contribution >= 4 is 25.7 Å². The highest BCUT2D eigenvalue weighted by Crippen LogP contribution is 2.43. The molecule has 0 aromatic heterocycles. The van der Waals surface area contributed by atoms with E-state index in [0.717, 1.165) is 38.5 Å². The van der Waals surface area contributed by atoms with Gasteiger partial charge in [-0.2, -0.15) is 0 Å². The number of esters is 2. The van der Waals surface area contributed by atoms with Gasteiger partial charge in [-0.25, -0.2) is 4.57 Å². The molecular formula is C44H78NO12P. The Kier molecular flexibility index (Phi) is 36.8. The Morgan fingerprint density at radius 2 is 1.07 bits per heavy atom. The maximum Gasteiger partial charge on any atom is 0.472 e. The van der Waals surface area contributed by atoms with E-state index in [9.17, 15) is 34.1 Å². The van der Waals surface area contributed by atoms with Gasteiger partial charge in [-0.05, 0) is 51.4 Å². The minimum Gasteiger partial charge on any atom is -0.480 e. The Hall–Kier alpha value is -2.64. The van der Waals surface area contributed by atoms with Gasteiger partial charge >= 0.3 is 25.7 Å². The first kappa shape index (κ1) is 55.4. The molecular weight excluding hydrogens is 765 g/mol. The lowest BCUT2D eigenvalue weighted by atomic mass is 10.0. The molecule has 0 heterocycles. The van der Waals surface area contributed by atoms with Crippen LogP contribution in [0.4, 0.5) is 0 Å². The molecule has 0 aliphatic heterocycles. The molecule has 0 rings (SSSR count). The summed E-state index contributed by atoms with van der Waals surface area (Å²) >= 11 is 0. The van der Waals surface area contributed by atoms with Crippen LogP contribution in [0.5, 0.6) is 0 Å². The predicted octanol–water partition coefficient (Wildman–Crippen LogP) is 9.34. The predicted molar refractivity (Wildman–Crippen MR) is 229 cm³/mol. The van der Waals surface area contributed by atoms with Gasteiger partial charge in [0.2, 0.25) is 0 Å². The van der Waals surface area contributed by atoms with Gasteiger partial charge in [0, 0.05) is 12.8 Å². The molecule has 0 aromatic rings. The number of aliphatic hydroxyl groups excluding tert-OH is 2. The summed E-state index contributed by atoms with van der Waals surface area (Å²) in [6, 6.07) is -1.57. The topological polar surface area (TPSA) is 212 Å². The summed E-state index contributed by atoms with van der Waals surface area (Å²) in [4.78, 5) is 46.0. The third-order valence-electron chi connectivity index (χ3n) is 9.29. The molecule has 0 aliphatic rings. The molecule has 0 spiro atoms. The molecule has 14 heteroatoms. The number of rotatable bonds is 40. The fourth-order valence-corrected chi connectivity index (χ4v) is 6.52. The standard InChI is InChI=1S/C44H78NO12P/c1-3-5-7-9-11-13-15-17-18-19-21-23-25-27-29-33-42(48)54-35-38(36-55-58(52,53)56-37-39(45)44(50)51)57-43(49)34-30-32-41(47)40(46)31-28-26-24-22-20-16-14-12-10-8-6-4-2/h6,8,12,14,20,22,26,28,38-41,46-47H,3-5,7,9-11,13,15-19,21,23-25,27,29-37,45H2,1-2H3,(H,50,51)(H,52,53)/b8-6-,14-12-,22-20-,28-26-/t38-,39+,40-,41-/m1/s1. The average Bonchev–Trinajstić information content (AvgIpc) is 3.19. The molecule has 13 nitrogen and oxygen atoms in total. The normalized spacial score (nSPS) is 15.3. The van der Waals surface area contributed by atoms with E-state index in [-0.39, 0.29) is 32.1 Å². The average molecular weight is 844 g/mol. The SMILES string of the molecule is CC/C=C\C/C=C\C/C=C\C/C=C\C[C@@H](O)[C@H](O)CCCC(=O)O[C@H](COC(=O)CCCCCCCCCCCCCCCCC)COP(=O)(O)OC[C@H](N)C(=O)O. The summed E-state index contributed by atoms with van der Waals surface area (Å²) in [6.07, 6.45) is 34.9. The van der Waals surface area contributed by atoms with E-state index in [1.807, 2.05) is 12.2 Å². The van der Waals surface area contributed by atoms with Crippen molar-refractivity contribution in [2.24, 2.45) is 5.73 Å². The molecule has 0 aliphatic carbocycles. The lowest BCUT2D eigenvalue weighted by Gasteiger charge is -2.20. The number of carboxylic acids is 1. The van der Waals surface area contributed by atoms with Crippen LogP contribution < -0.4 is 5.73 Å². The summed E-state index contributed by atoms with van der Waals surface area (Å²) in [5.74, 6) is -2.70. The van der Waals surface area contributed by atoms with Gasteiger partial charge < -0.3 is 35.4 Å². The molecule has 0 saturated heterocycles. The van der Waals surface area contributed by atoms with Gasteiger partial charge in [-0.15, -0.1) is 0 Å². The van der Waals surface area contributed by atoms with Crippen LogP contribution >= 0.6 is 7.82 Å². The minimum absolute atomic E-state index is 0.114. The fourth-order valence-electron chi connectivity index (χ4n) is 5.74. The Labute approximate surface area is 349 Å². The number of unbranched alkanes of at least 4 members (excludes halogenated alkanes) is 14. The summed E-state index contributed by atoms with van der Waals surface area (Å²) < 4.78 is 32.5. The highest BCUT2D eigenvalue weighted by Gasteiger charge is 2.28. The van der Waals surface area contributed by atoms with Crippen LogP contribution in [0.2, 0.25) is 0 Å². The van der Waals surface area contributed by atoms with E-state index in [1.54, 1.807) is 6.08 Å². The summed E-state index contributed by atoms with van der Waals surface area (Å²) in [5.41, 5.74) is 5.31. The summed E-state index contributed by atoms with van der Waals surface area (Å²) in [6.45, 7) is 2.39. The van der Waals surface area contributed by atoms with Crippen molar-refractivity contribution in [3.05, 3.63) is 48.6 Å². The number of carbonyl (C=O) groups excluding carboxylic acids is 2. The molecule has 6 N–H and O–H groups in total. The van der Waals surface area contributed by atoms with Gasteiger partial charge in [0.15, 0.2) is 6.10 Å². The van der Waals surface area contributed by atoms with Crippen LogP contribution in [0.1, 0.15) is 168 Å². The number of carbonyl (C=O) groups is 3. The second-order valence-corrected chi connectivity index (χ2v) is 16.2. The number of hydrogen-bond donors (Lipinski definition) is 5. The molecule has 0 saturated carbocycles. The first-order chi connectivity index (χ1) is 27.9. The number of aliphatic hydroxyl groups is 2. The van der Waals surface area contributed by atoms with Crippen LogP contribution in [0.15, 0.2) is 48.6 Å². The number of nitrogens with two attached hydrogens (primary N) is 1. The quantitative estimate of drug-likeness (QED) is 0.0169. The summed E-state index contributed by atoms with van der Waals surface area (Å²) in [7, 11) is -4.80. The van der Waals surface area contributed by atoms with E-state index >= 15 is 0 Å². The molecule has 5 atom stereocenters. The van der Waals surface area contributed by atoms with Crippen molar-refractivity contribution < 1.29 is 57.7 Å². The maximum absolute atomic E-state index is 12.7. The van der Waals surface area contributed by atoms with Crippen molar-refractivity contribution in [2.45, 2.75) is 192 Å². The van der Waals surface area contributed by atoms with Crippen LogP contribution in [-0.2, 0) is 37.5 Å². The Balaban J connectivity index is 4.61. The zero-order valence-electron chi connectivity index (χ0n) is 35.6. The van der Waals surface area contributed by atoms with Crippen molar-refractivity contribution in [3.63, 3.8) is 0 Å². The number of allylic oxidation sites excluding steroid dienone is 7. The molecule has 0 fully saturated rings. The van der Waals surface area contributed by atoms with E-state index < -0.39 is 69.9 Å². The number of phosphoric ester groups is 1. The van der Waals surface area contributed by atoms with E-state index in [4.69, 9.17) is 24.8 Å². The number of carboxylic acid groups (broad SMARTS) is 1. The van der Waals surface area contributed by atoms with Crippen molar-refractivity contribution in [2.75, 3.05) is 19.8 Å². The van der Waals surface area contributed by atoms with Gasteiger partial charge in [0.05, 0.1) is 25.4 Å². The largest absolute Gasteiger partial charge is 0.480 e. The molecule has 0 aromatic carbocycles. The second-order valence-electron chi connectivity index (χ2n) is 14.8. The zero-order chi connectivity index (χ0) is 43.1. The number of hydrogen-bond acceptors (Lipinski definition) is 11. The van der Waals surface area contributed by atoms with Gasteiger partial charge in [-0.1, -0.05) is 152 Å². The molecule has 0 radical (unpaired) electrons. The Morgan fingerprint density at radius 1 is 0.603 bits per heavy atom. The van der Waals surface area contributed by atoms with E-state index in [1.165, 1.54) is 70.6 Å². The highest BCUT2D eigenvalue weighted by atomic mass is 31.2. The van der Waals surface area contributed by atoms with E-state index in [0.29, 0.717) is 12.8 Å². The van der Waals surface area contributed by atoms with Crippen molar-refractivity contribution in [3.8, 4) is 0 Å². The fraction of sp³-hybridized carbons (Fsp3) is 0.750. The van der Waals surface area contributed by atoms with Crippen LogP contribution in [0.3, 0.4) is 0 Å². The smallest absolute Gasteiger partial charge is 0.472 e. The molecule has 1 unspecified atom stereocenters. The van der Waals surface area contributed by atoms with Gasteiger partial charge in [-0.3, -0.25) is 23.4 Å². The first-order valence-electron chi connectivity index (χ1n) is 21.8. The lowest BCUT2D eigenvalue weighted by Crippen LogP contribution is -2.34. The second kappa shape index (κ2) is 38.6. The van der Waals surface area contributed by atoms with Crippen LogP contribution in [0.25, 0.3) is 0 Å². The van der Waals surface area contributed by atoms with Gasteiger partial charge in [0.1, 0.15) is 12.6 Å². The molecule has 336 valence electrons.